The van der Waals surface area contributed by atoms with E-state index in [2.05, 4.69) is 12.2 Å². The lowest BCUT2D eigenvalue weighted by Gasteiger charge is -2.16. The first-order chi connectivity index (χ1) is 7.65. The summed E-state index contributed by atoms with van der Waals surface area (Å²) in [5, 5.41) is 3.26. The smallest absolute Gasteiger partial charge is 0.239 e. The van der Waals surface area contributed by atoms with E-state index in [0.717, 1.165) is 38.9 Å². The average molecular weight is 246 g/mol. The highest BCUT2D eigenvalue weighted by atomic mass is 32.2. The van der Waals surface area contributed by atoms with Gasteiger partial charge < -0.3 is 10.2 Å². The second-order valence-electron chi connectivity index (χ2n) is 4.25. The van der Waals surface area contributed by atoms with Crippen LogP contribution in [0.5, 0.6) is 0 Å². The third-order valence-corrected chi connectivity index (χ3v) is 3.66. The topological polar surface area (TPSA) is 49.4 Å². The number of rotatable bonds is 7. The molecule has 0 aliphatic carbocycles. The molecule has 1 fully saturated rings. The van der Waals surface area contributed by atoms with E-state index in [1.807, 2.05) is 4.90 Å². The Morgan fingerprint density at radius 3 is 2.94 bits per heavy atom. The van der Waals surface area contributed by atoms with Gasteiger partial charge in [0.25, 0.3) is 0 Å². The summed E-state index contributed by atoms with van der Waals surface area (Å²) in [5.74, 6) is 0.909. The molecule has 1 heterocycles. The summed E-state index contributed by atoms with van der Waals surface area (Å²) in [4.78, 5) is 13.8. The Balaban J connectivity index is 2.25. The molecule has 0 aromatic heterocycles. The van der Waals surface area contributed by atoms with Gasteiger partial charge >= 0.3 is 0 Å². The molecule has 0 aromatic carbocycles. The van der Waals surface area contributed by atoms with Gasteiger partial charge in [0.1, 0.15) is 0 Å². The standard InChI is InChI=1S/C11H22N2O2S/c1-3-6-12-10-5-8-13(11(10)14)7-4-9-16(2)15/h10,12H,3-9H2,1-2H3. The van der Waals surface area contributed by atoms with Gasteiger partial charge in [-0.15, -0.1) is 0 Å². The lowest BCUT2D eigenvalue weighted by atomic mass is 10.2. The first kappa shape index (κ1) is 13.6. The number of nitrogens with one attached hydrogen (secondary N) is 1. The number of amides is 1. The Hall–Kier alpha value is -0.420. The summed E-state index contributed by atoms with van der Waals surface area (Å²) in [5.41, 5.74) is 0. The third kappa shape index (κ3) is 4.22. The first-order valence-corrected chi connectivity index (χ1v) is 7.70. The van der Waals surface area contributed by atoms with Crippen LogP contribution >= 0.6 is 0 Å². The number of likely N-dealkylation sites (tertiary alicyclic amines) is 1. The Bertz CT molecular complexity index is 258. The molecule has 5 heteroatoms. The van der Waals surface area contributed by atoms with Crippen molar-refractivity contribution >= 4 is 16.7 Å². The maximum atomic E-state index is 11.9. The number of hydrogen-bond donors (Lipinski definition) is 1. The van der Waals surface area contributed by atoms with E-state index in [-0.39, 0.29) is 11.9 Å². The van der Waals surface area contributed by atoms with E-state index in [1.165, 1.54) is 0 Å². The summed E-state index contributed by atoms with van der Waals surface area (Å²) in [6.45, 7) is 4.60. The zero-order valence-electron chi connectivity index (χ0n) is 10.2. The highest BCUT2D eigenvalue weighted by Gasteiger charge is 2.30. The Morgan fingerprint density at radius 1 is 1.56 bits per heavy atom. The molecule has 1 N–H and O–H groups in total. The van der Waals surface area contributed by atoms with Gasteiger partial charge in [0.15, 0.2) is 0 Å². The van der Waals surface area contributed by atoms with E-state index >= 15 is 0 Å². The van der Waals surface area contributed by atoms with E-state index in [9.17, 15) is 9.00 Å². The SMILES string of the molecule is CCCNC1CCN(CCCS(C)=O)C1=O. The number of hydrogen-bond acceptors (Lipinski definition) is 3. The molecule has 0 radical (unpaired) electrons. The number of nitrogens with zero attached hydrogens (tertiary/aromatic N) is 1. The van der Waals surface area contributed by atoms with Crippen LogP contribution in [0.25, 0.3) is 0 Å². The second kappa shape index (κ2) is 7.01. The van der Waals surface area contributed by atoms with Crippen molar-refractivity contribution in [3.8, 4) is 0 Å². The predicted molar refractivity (Wildman–Crippen MR) is 66.8 cm³/mol. The van der Waals surface area contributed by atoms with E-state index < -0.39 is 10.8 Å². The van der Waals surface area contributed by atoms with Crippen molar-refractivity contribution in [1.29, 1.82) is 0 Å². The molecule has 0 saturated carbocycles. The van der Waals surface area contributed by atoms with Gasteiger partial charge in [0, 0.05) is 35.9 Å². The highest BCUT2D eigenvalue weighted by Crippen LogP contribution is 2.11. The van der Waals surface area contributed by atoms with Crippen LogP contribution in [0.1, 0.15) is 26.2 Å². The Kier molecular flexibility index (Phi) is 5.98. The van der Waals surface area contributed by atoms with Gasteiger partial charge in [-0.2, -0.15) is 0 Å². The maximum Gasteiger partial charge on any atom is 0.239 e. The van der Waals surface area contributed by atoms with Crippen molar-refractivity contribution in [3.63, 3.8) is 0 Å². The van der Waals surface area contributed by atoms with Gasteiger partial charge in [-0.3, -0.25) is 9.00 Å². The second-order valence-corrected chi connectivity index (χ2v) is 5.81. The van der Waals surface area contributed by atoms with E-state index in [1.54, 1.807) is 6.26 Å². The molecule has 0 aromatic rings. The molecule has 2 unspecified atom stereocenters. The molecule has 0 spiro atoms. The molecule has 0 bridgehead atoms. The predicted octanol–water partition coefficient (Wildman–Crippen LogP) is 0.355. The molecular formula is C11H22N2O2S. The fraction of sp³-hybridized carbons (Fsp3) is 0.909. The van der Waals surface area contributed by atoms with Crippen LogP contribution in [-0.2, 0) is 15.6 Å². The largest absolute Gasteiger partial charge is 0.341 e. The van der Waals surface area contributed by atoms with Gasteiger partial charge in [-0.25, -0.2) is 0 Å². The molecular weight excluding hydrogens is 224 g/mol. The molecule has 4 nitrogen and oxygen atoms in total. The minimum absolute atomic E-state index is 0.0204. The van der Waals surface area contributed by atoms with Crippen LogP contribution in [0.2, 0.25) is 0 Å². The monoisotopic (exact) mass is 246 g/mol. The van der Waals surface area contributed by atoms with Gasteiger partial charge in [0.05, 0.1) is 6.04 Å². The summed E-state index contributed by atoms with van der Waals surface area (Å²) >= 11 is 0. The summed E-state index contributed by atoms with van der Waals surface area (Å²) in [6.07, 6.45) is 4.51. The summed E-state index contributed by atoms with van der Waals surface area (Å²) in [7, 11) is -0.744. The van der Waals surface area contributed by atoms with E-state index in [0.29, 0.717) is 5.75 Å². The Morgan fingerprint density at radius 2 is 2.31 bits per heavy atom. The zero-order valence-corrected chi connectivity index (χ0v) is 11.0. The van der Waals surface area contributed by atoms with Crippen molar-refractivity contribution in [1.82, 2.24) is 10.2 Å². The molecule has 1 aliphatic rings. The van der Waals surface area contributed by atoms with E-state index in [4.69, 9.17) is 0 Å². The quantitative estimate of drug-likeness (QED) is 0.705. The fourth-order valence-corrected chi connectivity index (χ4v) is 2.46. The minimum Gasteiger partial charge on any atom is -0.341 e. The lowest BCUT2D eigenvalue weighted by Crippen LogP contribution is -2.39. The van der Waals surface area contributed by atoms with Crippen molar-refractivity contribution in [2.75, 3.05) is 31.6 Å². The lowest BCUT2D eigenvalue weighted by molar-refractivity contribution is -0.129. The van der Waals surface area contributed by atoms with Crippen molar-refractivity contribution in [2.45, 2.75) is 32.2 Å². The van der Waals surface area contributed by atoms with Crippen LogP contribution in [0, 0.1) is 0 Å². The van der Waals surface area contributed by atoms with Crippen molar-refractivity contribution in [3.05, 3.63) is 0 Å². The molecule has 2 atom stereocenters. The Labute approximate surface area is 100 Å². The zero-order chi connectivity index (χ0) is 12.0. The van der Waals surface area contributed by atoms with Gasteiger partial charge in [-0.05, 0) is 25.8 Å². The molecule has 16 heavy (non-hydrogen) atoms. The molecule has 1 saturated heterocycles. The number of carbonyl (C=O) groups is 1. The van der Waals surface area contributed by atoms with Crippen molar-refractivity contribution in [2.24, 2.45) is 0 Å². The molecule has 1 rings (SSSR count). The minimum atomic E-state index is -0.744. The van der Waals surface area contributed by atoms with Crippen LogP contribution < -0.4 is 5.32 Å². The number of carbonyl (C=O) groups excluding carboxylic acids is 1. The van der Waals surface area contributed by atoms with Gasteiger partial charge in [0.2, 0.25) is 5.91 Å². The summed E-state index contributed by atoms with van der Waals surface area (Å²) < 4.78 is 10.9. The van der Waals surface area contributed by atoms with Crippen LogP contribution in [-0.4, -0.2) is 52.7 Å². The fourth-order valence-electron chi connectivity index (χ4n) is 1.93. The molecule has 1 amide bonds. The molecule has 94 valence electrons. The molecule has 1 aliphatic heterocycles. The average Bonchev–Trinajstić information content (AvgIpc) is 2.57. The summed E-state index contributed by atoms with van der Waals surface area (Å²) in [6, 6.07) is 0.0204. The van der Waals surface area contributed by atoms with Crippen molar-refractivity contribution < 1.29 is 9.00 Å². The van der Waals surface area contributed by atoms with Crippen LogP contribution in [0.15, 0.2) is 0 Å². The normalized spacial score (nSPS) is 22.8. The maximum absolute atomic E-state index is 11.9. The van der Waals surface area contributed by atoms with Crippen LogP contribution in [0.3, 0.4) is 0 Å². The third-order valence-electron chi connectivity index (χ3n) is 2.80. The van der Waals surface area contributed by atoms with Gasteiger partial charge in [-0.1, -0.05) is 6.92 Å². The first-order valence-electron chi connectivity index (χ1n) is 5.97. The highest BCUT2D eigenvalue weighted by molar-refractivity contribution is 7.84. The van der Waals surface area contributed by atoms with Crippen LogP contribution in [0.4, 0.5) is 0 Å².